The minimum Gasteiger partial charge on any atom is -0.361 e. The summed E-state index contributed by atoms with van der Waals surface area (Å²) in [5.41, 5.74) is 2.53. The van der Waals surface area contributed by atoms with Crippen molar-refractivity contribution in [2.45, 2.75) is 38.8 Å². The van der Waals surface area contributed by atoms with Crippen LogP contribution in [0.3, 0.4) is 0 Å². The number of hydrogen-bond acceptors (Lipinski definition) is 5. The Morgan fingerprint density at radius 3 is 2.77 bits per heavy atom. The Hall–Kier alpha value is -1.73. The average molecular weight is 321 g/mol. The van der Waals surface area contributed by atoms with E-state index in [0.29, 0.717) is 5.69 Å². The quantitative estimate of drug-likeness (QED) is 0.841. The molecule has 0 amide bonds. The van der Waals surface area contributed by atoms with Gasteiger partial charge in [-0.25, -0.2) is 8.42 Å². The molecule has 0 N–H and O–H groups in total. The third-order valence-electron chi connectivity index (χ3n) is 3.89. The van der Waals surface area contributed by atoms with E-state index in [1.54, 1.807) is 6.20 Å². The minimum atomic E-state index is -3.35. The van der Waals surface area contributed by atoms with E-state index in [0.717, 1.165) is 42.7 Å². The van der Waals surface area contributed by atoms with Gasteiger partial charge in [-0.1, -0.05) is 11.2 Å². The summed E-state index contributed by atoms with van der Waals surface area (Å²) in [6.45, 7) is 0.468. The van der Waals surface area contributed by atoms with Crippen LogP contribution < -0.4 is 0 Å². The maximum Gasteiger partial charge on any atom is 0.211 e. The smallest absolute Gasteiger partial charge is 0.211 e. The van der Waals surface area contributed by atoms with Gasteiger partial charge in [-0.05, 0) is 31.4 Å². The van der Waals surface area contributed by atoms with Crippen LogP contribution >= 0.6 is 0 Å². The summed E-state index contributed by atoms with van der Waals surface area (Å²) >= 11 is 0. The molecule has 2 aromatic heterocycles. The van der Waals surface area contributed by atoms with Crippen LogP contribution in [0.5, 0.6) is 0 Å². The molecule has 22 heavy (non-hydrogen) atoms. The van der Waals surface area contributed by atoms with Crippen LogP contribution in [0.2, 0.25) is 0 Å². The van der Waals surface area contributed by atoms with Crippen LogP contribution in [0.1, 0.15) is 35.6 Å². The lowest BCUT2D eigenvalue weighted by atomic mass is 9.96. The van der Waals surface area contributed by atoms with Crippen LogP contribution in [-0.4, -0.2) is 29.1 Å². The molecule has 2 aromatic rings. The number of rotatable bonds is 5. The van der Waals surface area contributed by atoms with Crippen molar-refractivity contribution in [2.24, 2.45) is 0 Å². The second kappa shape index (κ2) is 6.18. The molecule has 3 rings (SSSR count). The minimum absolute atomic E-state index is 0.230. The molecule has 0 saturated carbocycles. The van der Waals surface area contributed by atoms with Gasteiger partial charge in [0.25, 0.3) is 0 Å². The van der Waals surface area contributed by atoms with Crippen molar-refractivity contribution in [3.63, 3.8) is 0 Å². The molecule has 0 fully saturated rings. The van der Waals surface area contributed by atoms with Crippen LogP contribution in [0.25, 0.3) is 0 Å². The van der Waals surface area contributed by atoms with E-state index in [1.165, 1.54) is 10.6 Å². The fourth-order valence-electron chi connectivity index (χ4n) is 2.70. The largest absolute Gasteiger partial charge is 0.361 e. The molecule has 0 atom stereocenters. The molecule has 6 nitrogen and oxygen atoms in total. The van der Waals surface area contributed by atoms with E-state index >= 15 is 0 Å². The predicted octanol–water partition coefficient (Wildman–Crippen LogP) is 1.91. The number of hydrogen-bond donors (Lipinski definition) is 0. The van der Waals surface area contributed by atoms with Crippen molar-refractivity contribution >= 4 is 10.0 Å². The standard InChI is InChI=1S/C15H19N3O3S/c1-22(19,20)18(10-12-6-4-5-9-16-12)11-14-13-7-2-3-8-15(13)21-17-14/h4-6,9H,2-3,7-8,10-11H2,1H3. The lowest BCUT2D eigenvalue weighted by Gasteiger charge is -2.19. The average Bonchev–Trinajstić information content (AvgIpc) is 2.90. The first-order valence-corrected chi connectivity index (χ1v) is 9.20. The normalized spacial score (nSPS) is 15.0. The molecule has 7 heteroatoms. The molecule has 1 aliphatic rings. The van der Waals surface area contributed by atoms with Crippen molar-refractivity contribution in [1.82, 2.24) is 14.4 Å². The molecular weight excluding hydrogens is 302 g/mol. The van der Waals surface area contributed by atoms with Crippen molar-refractivity contribution in [3.8, 4) is 0 Å². The van der Waals surface area contributed by atoms with Gasteiger partial charge in [0.05, 0.1) is 25.0 Å². The highest BCUT2D eigenvalue weighted by atomic mass is 32.2. The van der Waals surface area contributed by atoms with Gasteiger partial charge >= 0.3 is 0 Å². The first-order valence-electron chi connectivity index (χ1n) is 7.35. The number of pyridine rings is 1. The monoisotopic (exact) mass is 321 g/mol. The zero-order valence-electron chi connectivity index (χ0n) is 12.5. The Morgan fingerprint density at radius 1 is 1.23 bits per heavy atom. The van der Waals surface area contributed by atoms with Gasteiger partial charge in [-0.3, -0.25) is 4.98 Å². The van der Waals surface area contributed by atoms with Crippen molar-refractivity contribution in [1.29, 1.82) is 0 Å². The lowest BCUT2D eigenvalue weighted by Crippen LogP contribution is -2.30. The number of fused-ring (bicyclic) bond motifs is 1. The topological polar surface area (TPSA) is 76.3 Å². The van der Waals surface area contributed by atoms with Crippen LogP contribution in [0.4, 0.5) is 0 Å². The molecule has 0 radical (unpaired) electrons. The predicted molar refractivity (Wildman–Crippen MR) is 81.5 cm³/mol. The third kappa shape index (κ3) is 3.36. The highest BCUT2D eigenvalue weighted by Gasteiger charge is 2.25. The number of aryl methyl sites for hydroxylation is 1. The summed E-state index contributed by atoms with van der Waals surface area (Å²) in [5.74, 6) is 0.910. The summed E-state index contributed by atoms with van der Waals surface area (Å²) in [6, 6.07) is 5.47. The fraction of sp³-hybridized carbons (Fsp3) is 0.467. The number of sulfonamides is 1. The van der Waals surface area contributed by atoms with Crippen LogP contribution in [-0.2, 0) is 36.0 Å². The second-order valence-electron chi connectivity index (χ2n) is 5.59. The van der Waals surface area contributed by atoms with Gasteiger partial charge in [0.15, 0.2) is 0 Å². The highest BCUT2D eigenvalue weighted by molar-refractivity contribution is 7.88. The van der Waals surface area contributed by atoms with E-state index in [2.05, 4.69) is 10.1 Å². The van der Waals surface area contributed by atoms with Gasteiger partial charge < -0.3 is 4.52 Å². The number of nitrogens with zero attached hydrogens (tertiary/aromatic N) is 3. The molecule has 0 aromatic carbocycles. The Bertz CT molecular complexity index is 741. The lowest BCUT2D eigenvalue weighted by molar-refractivity contribution is 0.350. The SMILES string of the molecule is CS(=O)(=O)N(Cc1ccccn1)Cc1noc2c1CCCC2. The van der Waals surface area contributed by atoms with Crippen molar-refractivity contribution in [3.05, 3.63) is 47.1 Å². The molecule has 0 aliphatic heterocycles. The van der Waals surface area contributed by atoms with Gasteiger partial charge in [-0.2, -0.15) is 4.31 Å². The summed E-state index contributed by atoms with van der Waals surface area (Å²) in [6.07, 6.45) is 6.87. The highest BCUT2D eigenvalue weighted by Crippen LogP contribution is 2.25. The maximum absolute atomic E-state index is 12.1. The van der Waals surface area contributed by atoms with Gasteiger partial charge in [-0.15, -0.1) is 0 Å². The van der Waals surface area contributed by atoms with Crippen LogP contribution in [0, 0.1) is 0 Å². The van der Waals surface area contributed by atoms with E-state index in [1.807, 2.05) is 18.2 Å². The van der Waals surface area contributed by atoms with Gasteiger partial charge in [0, 0.05) is 18.2 Å². The van der Waals surface area contributed by atoms with Gasteiger partial charge in [0.2, 0.25) is 10.0 Å². The Labute approximate surface area is 130 Å². The second-order valence-corrected chi connectivity index (χ2v) is 7.57. The Kier molecular flexibility index (Phi) is 4.26. The van der Waals surface area contributed by atoms with E-state index < -0.39 is 10.0 Å². The maximum atomic E-state index is 12.1. The van der Waals surface area contributed by atoms with E-state index in [-0.39, 0.29) is 13.1 Å². The zero-order chi connectivity index (χ0) is 15.6. The molecule has 1 aliphatic carbocycles. The Balaban J connectivity index is 1.83. The third-order valence-corrected chi connectivity index (χ3v) is 5.09. The summed E-state index contributed by atoms with van der Waals surface area (Å²) in [5, 5.41) is 4.09. The van der Waals surface area contributed by atoms with E-state index in [4.69, 9.17) is 4.52 Å². The molecule has 0 bridgehead atoms. The molecule has 0 spiro atoms. The van der Waals surface area contributed by atoms with Crippen LogP contribution in [0.15, 0.2) is 28.9 Å². The molecule has 0 saturated heterocycles. The molecule has 0 unspecified atom stereocenters. The van der Waals surface area contributed by atoms with E-state index in [9.17, 15) is 8.42 Å². The molecule has 118 valence electrons. The Morgan fingerprint density at radius 2 is 2.05 bits per heavy atom. The van der Waals surface area contributed by atoms with Crippen molar-refractivity contribution < 1.29 is 12.9 Å². The van der Waals surface area contributed by atoms with Gasteiger partial charge in [0.1, 0.15) is 11.5 Å². The summed E-state index contributed by atoms with van der Waals surface area (Å²) in [4.78, 5) is 4.20. The molecule has 2 heterocycles. The fourth-order valence-corrected chi connectivity index (χ4v) is 3.43. The zero-order valence-corrected chi connectivity index (χ0v) is 13.3. The summed E-state index contributed by atoms with van der Waals surface area (Å²) in [7, 11) is -3.35. The summed E-state index contributed by atoms with van der Waals surface area (Å²) < 4.78 is 30.9. The first-order chi connectivity index (χ1) is 10.5. The molecular formula is C15H19N3O3S. The van der Waals surface area contributed by atoms with Crippen molar-refractivity contribution in [2.75, 3.05) is 6.26 Å². The first kappa shape index (κ1) is 15.2. The number of aromatic nitrogens is 2.